The molecule has 0 fully saturated rings. The van der Waals surface area contributed by atoms with E-state index in [9.17, 15) is 25.5 Å². The van der Waals surface area contributed by atoms with Gasteiger partial charge in [-0.25, -0.2) is 4.85 Å². The molecule has 17 nitrogen and oxygen atoms in total. The molecule has 0 amide bonds. The van der Waals surface area contributed by atoms with Gasteiger partial charge in [-0.15, -0.1) is 0 Å². The van der Waals surface area contributed by atoms with Crippen LogP contribution in [0, 0.1) is 38.1 Å². The molecule has 0 spiro atoms. The molecule has 45 heavy (non-hydrogen) atoms. The average molecular weight is 635 g/mol. The Kier molecular flexibility index (Phi) is 17.0. The molecule has 2 aromatic carbocycles. The van der Waals surface area contributed by atoms with Crippen molar-refractivity contribution in [2.75, 3.05) is 93.5 Å². The van der Waals surface area contributed by atoms with Crippen LogP contribution in [0.1, 0.15) is 5.56 Å². The zero-order valence-electron chi connectivity index (χ0n) is 24.9. The fraction of sp³-hybridized carbons (Fsp3) is 0.500. The third kappa shape index (κ3) is 12.8. The Morgan fingerprint density at radius 1 is 0.644 bits per heavy atom. The molecule has 244 valence electrons. The van der Waals surface area contributed by atoms with Gasteiger partial charge in [0.25, 0.3) is 17.1 Å². The van der Waals surface area contributed by atoms with Crippen LogP contribution in [0.4, 0.5) is 17.1 Å². The van der Waals surface area contributed by atoms with Gasteiger partial charge in [-0.3, -0.25) is 20.2 Å². The first kappa shape index (κ1) is 36.4. The summed E-state index contributed by atoms with van der Waals surface area (Å²) < 4.78 is 48.5. The molecule has 0 atom stereocenters. The summed E-state index contributed by atoms with van der Waals surface area (Å²) in [6.07, 6.45) is 0. The van der Waals surface area contributed by atoms with Gasteiger partial charge >= 0.3 is 0 Å². The Bertz CT molecular complexity index is 1230. The summed E-state index contributed by atoms with van der Waals surface area (Å²) in [7, 11) is 3.00. The number of nitro groups is 2. The summed E-state index contributed by atoms with van der Waals surface area (Å²) in [5.41, 5.74) is -1.11. The topological polar surface area (TPSA) is 197 Å². The highest BCUT2D eigenvalue weighted by atomic mass is 16.6. The average Bonchev–Trinajstić information content (AvgIpc) is 3.03. The second kappa shape index (κ2) is 21.0. The zero-order chi connectivity index (χ0) is 32.9. The minimum Gasteiger partial charge on any atom is -0.489 e. The minimum absolute atomic E-state index is 0.0652. The Balaban J connectivity index is 1.66. The largest absolute Gasteiger partial charge is 0.489 e. The molecule has 0 aliphatic heterocycles. The summed E-state index contributed by atoms with van der Waals surface area (Å²) in [6.45, 7) is 9.57. The molecule has 0 saturated heterocycles. The Morgan fingerprint density at radius 3 is 1.42 bits per heavy atom. The lowest BCUT2D eigenvalue weighted by Gasteiger charge is -2.14. The molecular weight excluding hydrogens is 600 g/mol. The van der Waals surface area contributed by atoms with Crippen molar-refractivity contribution < 1.29 is 52.5 Å². The molecule has 0 aliphatic rings. The van der Waals surface area contributed by atoms with Gasteiger partial charge in [-0.05, 0) is 6.07 Å². The van der Waals surface area contributed by atoms with Crippen molar-refractivity contribution in [2.45, 2.75) is 0 Å². The van der Waals surface area contributed by atoms with Crippen LogP contribution in [0.3, 0.4) is 0 Å². The van der Waals surface area contributed by atoms with Gasteiger partial charge in [0.1, 0.15) is 38.1 Å². The number of ether oxygens (including phenoxy) is 9. The standard InChI is InChI=1S/C28H34N4O13/c1-30-22-17-26(43-13-5-38-3)28(19-24(22)32(35)36)45-15-11-41-9-7-39-6-8-40-10-14-44-27-18-23(31(33)34)21(20-29)16-25(27)42-12-4-37-2/h16-19H,4-15H2,2-3H3. The van der Waals surface area contributed by atoms with Gasteiger partial charge in [-0.1, -0.05) is 0 Å². The summed E-state index contributed by atoms with van der Waals surface area (Å²) >= 11 is 0. The molecule has 2 aromatic rings. The fourth-order valence-electron chi connectivity index (χ4n) is 3.45. The first-order valence-corrected chi connectivity index (χ1v) is 13.5. The number of methoxy groups -OCH3 is 2. The highest BCUT2D eigenvalue weighted by Gasteiger charge is 2.21. The predicted octanol–water partition coefficient (Wildman–Crippen LogP) is 3.48. The Morgan fingerprint density at radius 2 is 1.02 bits per heavy atom. The number of hydrogen-bond donors (Lipinski definition) is 0. The first-order valence-electron chi connectivity index (χ1n) is 13.5. The number of rotatable bonds is 24. The number of hydrogen-bond acceptors (Lipinski definition) is 14. The van der Waals surface area contributed by atoms with Crippen LogP contribution >= 0.6 is 0 Å². The highest BCUT2D eigenvalue weighted by Crippen LogP contribution is 2.39. The van der Waals surface area contributed by atoms with E-state index >= 15 is 0 Å². The Labute approximate surface area is 259 Å². The molecule has 0 heterocycles. The lowest BCUT2D eigenvalue weighted by Crippen LogP contribution is -2.15. The van der Waals surface area contributed by atoms with Crippen LogP contribution in [0.25, 0.3) is 4.85 Å². The van der Waals surface area contributed by atoms with Crippen LogP contribution in [0.2, 0.25) is 0 Å². The SMILES string of the molecule is [C-]#[N+]c1cc(OCCOC)c(OCCOCCOCCOCCOc2cc([N+](=O)[O-])c(C#N)cc2OCCOC)cc1[N+](=O)[O-]. The van der Waals surface area contributed by atoms with Crippen molar-refractivity contribution in [3.05, 3.63) is 61.5 Å². The van der Waals surface area contributed by atoms with Gasteiger partial charge in [0.2, 0.25) is 0 Å². The van der Waals surface area contributed by atoms with Crippen molar-refractivity contribution in [1.29, 1.82) is 5.26 Å². The smallest absolute Gasteiger partial charge is 0.291 e. The number of nitro benzene ring substituents is 2. The first-order chi connectivity index (χ1) is 21.9. The molecule has 17 heteroatoms. The van der Waals surface area contributed by atoms with E-state index in [1.807, 2.05) is 0 Å². The normalized spacial score (nSPS) is 10.5. The minimum atomic E-state index is -0.671. The van der Waals surface area contributed by atoms with E-state index in [0.717, 1.165) is 12.1 Å². The highest BCUT2D eigenvalue weighted by molar-refractivity contribution is 5.69. The number of nitrogens with zero attached hydrogens (tertiary/aromatic N) is 4. The van der Waals surface area contributed by atoms with Crippen molar-refractivity contribution in [3.8, 4) is 29.1 Å². The van der Waals surface area contributed by atoms with Crippen molar-refractivity contribution in [2.24, 2.45) is 0 Å². The van der Waals surface area contributed by atoms with Gasteiger partial charge in [0.15, 0.2) is 23.0 Å². The number of nitriles is 1. The van der Waals surface area contributed by atoms with Gasteiger partial charge in [0.05, 0.1) is 81.4 Å². The van der Waals surface area contributed by atoms with Crippen LogP contribution in [0.15, 0.2) is 24.3 Å². The van der Waals surface area contributed by atoms with E-state index in [-0.39, 0.29) is 114 Å². The van der Waals surface area contributed by atoms with Crippen molar-refractivity contribution >= 4 is 17.1 Å². The maximum absolute atomic E-state index is 11.3. The van der Waals surface area contributed by atoms with E-state index in [1.165, 1.54) is 26.4 Å². The maximum Gasteiger partial charge on any atom is 0.291 e. The van der Waals surface area contributed by atoms with Crippen LogP contribution in [-0.4, -0.2) is 103 Å². The van der Waals surface area contributed by atoms with Gasteiger partial charge in [-0.2, -0.15) is 5.26 Å². The quantitative estimate of drug-likeness (QED) is 0.0704. The van der Waals surface area contributed by atoms with Crippen molar-refractivity contribution in [3.63, 3.8) is 0 Å². The molecule has 0 aliphatic carbocycles. The van der Waals surface area contributed by atoms with E-state index in [1.54, 1.807) is 6.07 Å². The summed E-state index contributed by atoms with van der Waals surface area (Å²) in [4.78, 5) is 24.4. The zero-order valence-corrected chi connectivity index (χ0v) is 24.9. The van der Waals surface area contributed by atoms with Crippen LogP contribution in [-0.2, 0) is 23.7 Å². The molecule has 0 saturated carbocycles. The Hall–Kier alpha value is -4.78. The summed E-state index contributed by atoms with van der Waals surface area (Å²) in [5.74, 6) is 0.578. The molecule has 0 N–H and O–H groups in total. The third-order valence-corrected chi connectivity index (χ3v) is 5.54. The third-order valence-electron chi connectivity index (χ3n) is 5.54. The molecular formula is C28H34N4O13. The molecule has 2 rings (SSSR count). The molecule has 0 aromatic heterocycles. The second-order valence-corrected chi connectivity index (χ2v) is 8.56. The molecule has 0 bridgehead atoms. The lowest BCUT2D eigenvalue weighted by molar-refractivity contribution is -0.385. The second-order valence-electron chi connectivity index (χ2n) is 8.56. The summed E-state index contributed by atoms with van der Waals surface area (Å²) in [6, 6.07) is 6.57. The monoisotopic (exact) mass is 634 g/mol. The van der Waals surface area contributed by atoms with E-state index in [2.05, 4.69) is 4.85 Å². The van der Waals surface area contributed by atoms with Gasteiger partial charge in [0, 0.05) is 20.3 Å². The van der Waals surface area contributed by atoms with Crippen molar-refractivity contribution in [1.82, 2.24) is 0 Å². The van der Waals surface area contributed by atoms with Gasteiger partial charge < -0.3 is 42.6 Å². The van der Waals surface area contributed by atoms with E-state index in [0.29, 0.717) is 0 Å². The fourth-order valence-corrected chi connectivity index (χ4v) is 3.45. The van der Waals surface area contributed by atoms with Crippen LogP contribution in [0.5, 0.6) is 23.0 Å². The maximum atomic E-state index is 11.3. The molecule has 0 radical (unpaired) electrons. The lowest BCUT2D eigenvalue weighted by atomic mass is 10.1. The van der Waals surface area contributed by atoms with E-state index in [4.69, 9.17) is 49.2 Å². The summed E-state index contributed by atoms with van der Waals surface area (Å²) in [5, 5.41) is 31.8. The molecule has 0 unspecified atom stereocenters. The number of benzene rings is 2. The van der Waals surface area contributed by atoms with Crippen LogP contribution < -0.4 is 18.9 Å². The predicted molar refractivity (Wildman–Crippen MR) is 155 cm³/mol. The van der Waals surface area contributed by atoms with E-state index < -0.39 is 21.2 Å².